The smallest absolute Gasteiger partial charge is 0.264 e. The number of hydrogen-bond acceptors (Lipinski definition) is 5. The lowest BCUT2D eigenvalue weighted by molar-refractivity contribution is -0.119. The van der Waals surface area contributed by atoms with Crippen molar-refractivity contribution < 1.29 is 22.7 Å². The van der Waals surface area contributed by atoms with Gasteiger partial charge in [-0.05, 0) is 35.7 Å². The highest BCUT2D eigenvalue weighted by atomic mass is 32.2. The number of anilines is 1. The van der Waals surface area contributed by atoms with Gasteiger partial charge in [0.2, 0.25) is 5.91 Å². The Morgan fingerprint density at radius 1 is 0.909 bits per heavy atom. The third-order valence-electron chi connectivity index (χ3n) is 5.25. The van der Waals surface area contributed by atoms with Gasteiger partial charge in [-0.15, -0.1) is 0 Å². The number of carbonyl (C=O) groups is 1. The summed E-state index contributed by atoms with van der Waals surface area (Å²) in [5, 5.41) is 2.85. The van der Waals surface area contributed by atoms with E-state index in [2.05, 4.69) is 5.32 Å². The largest absolute Gasteiger partial charge is 0.493 e. The van der Waals surface area contributed by atoms with E-state index in [1.807, 2.05) is 37.3 Å². The fourth-order valence-corrected chi connectivity index (χ4v) is 4.80. The average Bonchev–Trinajstić information content (AvgIpc) is 2.86. The molecule has 3 aromatic rings. The molecule has 33 heavy (non-hydrogen) atoms. The fourth-order valence-electron chi connectivity index (χ4n) is 3.37. The maximum atomic E-state index is 13.5. The SMILES string of the molecule is COc1ccc(N(CC(=O)NC[C@H](C)c2ccccc2)S(=O)(=O)c2ccccc2)cc1OC. The Morgan fingerprint density at radius 3 is 2.12 bits per heavy atom. The van der Waals surface area contributed by atoms with E-state index in [4.69, 9.17) is 9.47 Å². The standard InChI is InChI=1S/C25H28N2O5S/c1-19(20-10-6-4-7-11-20)17-26-25(28)18-27(33(29,30)22-12-8-5-9-13-22)21-14-15-23(31-2)24(16-21)32-3/h4-16,19H,17-18H2,1-3H3,(H,26,28)/t19-/m0/s1. The molecule has 1 N–H and O–H groups in total. The van der Waals surface area contributed by atoms with Gasteiger partial charge in [0, 0.05) is 12.6 Å². The first-order valence-electron chi connectivity index (χ1n) is 10.5. The number of nitrogens with one attached hydrogen (secondary N) is 1. The van der Waals surface area contributed by atoms with E-state index in [1.165, 1.54) is 26.4 Å². The maximum Gasteiger partial charge on any atom is 0.264 e. The molecule has 0 unspecified atom stereocenters. The summed E-state index contributed by atoms with van der Waals surface area (Å²) in [6.07, 6.45) is 0. The Morgan fingerprint density at radius 2 is 1.52 bits per heavy atom. The van der Waals surface area contributed by atoms with Crippen molar-refractivity contribution in [1.29, 1.82) is 0 Å². The minimum absolute atomic E-state index is 0.0791. The molecule has 0 saturated heterocycles. The molecule has 1 atom stereocenters. The quantitative estimate of drug-likeness (QED) is 0.489. The fraction of sp³-hybridized carbons (Fsp3) is 0.240. The summed E-state index contributed by atoms with van der Waals surface area (Å²) in [6.45, 7) is 2.00. The summed E-state index contributed by atoms with van der Waals surface area (Å²) >= 11 is 0. The molecule has 0 aliphatic carbocycles. The Bertz CT molecular complexity index is 1170. The van der Waals surface area contributed by atoms with E-state index in [9.17, 15) is 13.2 Å². The van der Waals surface area contributed by atoms with Crippen molar-refractivity contribution in [2.24, 2.45) is 0 Å². The average molecular weight is 469 g/mol. The summed E-state index contributed by atoms with van der Waals surface area (Å²) in [6, 6.07) is 22.6. The third kappa shape index (κ3) is 5.84. The number of rotatable bonds is 10. The van der Waals surface area contributed by atoms with Crippen LogP contribution in [0.1, 0.15) is 18.4 Å². The zero-order chi connectivity index (χ0) is 23.8. The van der Waals surface area contributed by atoms with E-state index in [0.717, 1.165) is 9.87 Å². The number of sulfonamides is 1. The minimum Gasteiger partial charge on any atom is -0.493 e. The van der Waals surface area contributed by atoms with Crippen LogP contribution >= 0.6 is 0 Å². The minimum atomic E-state index is -4.01. The van der Waals surface area contributed by atoms with E-state index < -0.39 is 15.9 Å². The van der Waals surface area contributed by atoms with Crippen molar-refractivity contribution in [3.63, 3.8) is 0 Å². The monoisotopic (exact) mass is 468 g/mol. The van der Waals surface area contributed by atoms with Gasteiger partial charge in [0.1, 0.15) is 6.54 Å². The highest BCUT2D eigenvalue weighted by molar-refractivity contribution is 7.92. The van der Waals surface area contributed by atoms with Crippen molar-refractivity contribution in [2.75, 3.05) is 31.6 Å². The molecule has 3 aromatic carbocycles. The van der Waals surface area contributed by atoms with Crippen molar-refractivity contribution in [1.82, 2.24) is 5.32 Å². The van der Waals surface area contributed by atoms with Crippen molar-refractivity contribution in [3.8, 4) is 11.5 Å². The van der Waals surface area contributed by atoms with Crippen LogP contribution in [-0.2, 0) is 14.8 Å². The molecule has 0 fully saturated rings. The van der Waals surface area contributed by atoms with Gasteiger partial charge in [0.15, 0.2) is 11.5 Å². The van der Waals surface area contributed by atoms with Gasteiger partial charge >= 0.3 is 0 Å². The Balaban J connectivity index is 1.87. The molecule has 0 spiro atoms. The predicted octanol–water partition coefficient (Wildman–Crippen LogP) is 3.82. The lowest BCUT2D eigenvalue weighted by Crippen LogP contribution is -2.41. The van der Waals surface area contributed by atoms with Crippen LogP contribution in [0, 0.1) is 0 Å². The normalized spacial score (nSPS) is 12.0. The van der Waals surface area contributed by atoms with E-state index in [0.29, 0.717) is 23.7 Å². The molecule has 0 aliphatic rings. The first kappa shape index (κ1) is 24.1. The van der Waals surface area contributed by atoms with Crippen LogP contribution in [0.4, 0.5) is 5.69 Å². The molecule has 0 bridgehead atoms. The Kier molecular flexibility index (Phi) is 7.95. The maximum absolute atomic E-state index is 13.5. The third-order valence-corrected chi connectivity index (χ3v) is 7.04. The van der Waals surface area contributed by atoms with Crippen LogP contribution in [0.15, 0.2) is 83.8 Å². The van der Waals surface area contributed by atoms with Gasteiger partial charge in [-0.1, -0.05) is 55.5 Å². The van der Waals surface area contributed by atoms with Gasteiger partial charge in [0.05, 0.1) is 24.8 Å². The van der Waals surface area contributed by atoms with Crippen LogP contribution in [0.3, 0.4) is 0 Å². The van der Waals surface area contributed by atoms with Crippen molar-refractivity contribution in [3.05, 3.63) is 84.4 Å². The second-order valence-electron chi connectivity index (χ2n) is 7.48. The number of methoxy groups -OCH3 is 2. The van der Waals surface area contributed by atoms with Crippen LogP contribution < -0.4 is 19.1 Å². The lowest BCUT2D eigenvalue weighted by atomic mass is 10.0. The highest BCUT2D eigenvalue weighted by Crippen LogP contribution is 2.33. The van der Waals surface area contributed by atoms with Gasteiger partial charge < -0.3 is 14.8 Å². The summed E-state index contributed by atoms with van der Waals surface area (Å²) in [5.41, 5.74) is 1.38. The second-order valence-corrected chi connectivity index (χ2v) is 9.34. The Hall–Kier alpha value is -3.52. The summed E-state index contributed by atoms with van der Waals surface area (Å²) < 4.78 is 38.6. The van der Waals surface area contributed by atoms with Crippen LogP contribution in [0.25, 0.3) is 0 Å². The molecule has 174 valence electrons. The lowest BCUT2D eigenvalue weighted by Gasteiger charge is -2.25. The van der Waals surface area contributed by atoms with Crippen molar-refractivity contribution >= 4 is 21.6 Å². The van der Waals surface area contributed by atoms with E-state index in [-0.39, 0.29) is 17.4 Å². The molecule has 0 heterocycles. The molecular formula is C25H28N2O5S. The first-order valence-corrected chi connectivity index (χ1v) is 11.9. The summed E-state index contributed by atoms with van der Waals surface area (Å²) in [5.74, 6) is 0.489. The molecule has 0 saturated carbocycles. The van der Waals surface area contributed by atoms with Gasteiger partial charge in [-0.2, -0.15) is 0 Å². The first-order chi connectivity index (χ1) is 15.9. The molecule has 0 aliphatic heterocycles. The van der Waals surface area contributed by atoms with Crippen molar-refractivity contribution in [2.45, 2.75) is 17.7 Å². The number of ether oxygens (including phenoxy) is 2. The van der Waals surface area contributed by atoms with Gasteiger partial charge in [-0.25, -0.2) is 8.42 Å². The number of nitrogens with zero attached hydrogens (tertiary/aromatic N) is 1. The number of carbonyl (C=O) groups excluding carboxylic acids is 1. The number of benzene rings is 3. The molecule has 0 aromatic heterocycles. The second kappa shape index (κ2) is 10.9. The molecule has 1 amide bonds. The molecular weight excluding hydrogens is 440 g/mol. The van der Waals surface area contributed by atoms with Crippen LogP contribution in [-0.4, -0.2) is 41.6 Å². The number of amides is 1. The summed E-state index contributed by atoms with van der Waals surface area (Å²) in [7, 11) is -1.04. The molecule has 8 heteroatoms. The predicted molar refractivity (Wildman–Crippen MR) is 128 cm³/mol. The van der Waals surface area contributed by atoms with Gasteiger partial charge in [0.25, 0.3) is 10.0 Å². The van der Waals surface area contributed by atoms with Crippen LogP contribution in [0.5, 0.6) is 11.5 Å². The molecule has 3 rings (SSSR count). The molecule has 0 radical (unpaired) electrons. The van der Waals surface area contributed by atoms with E-state index in [1.54, 1.807) is 36.4 Å². The number of hydrogen-bond donors (Lipinski definition) is 1. The van der Waals surface area contributed by atoms with E-state index >= 15 is 0 Å². The van der Waals surface area contributed by atoms with Crippen LogP contribution in [0.2, 0.25) is 0 Å². The topological polar surface area (TPSA) is 84.9 Å². The Labute approximate surface area is 195 Å². The summed E-state index contributed by atoms with van der Waals surface area (Å²) in [4.78, 5) is 12.9. The molecule has 7 nitrogen and oxygen atoms in total. The zero-order valence-corrected chi connectivity index (χ0v) is 19.7. The zero-order valence-electron chi connectivity index (χ0n) is 18.9. The van der Waals surface area contributed by atoms with Gasteiger partial charge in [-0.3, -0.25) is 9.10 Å². The highest BCUT2D eigenvalue weighted by Gasteiger charge is 2.28.